The summed E-state index contributed by atoms with van der Waals surface area (Å²) in [7, 11) is 1.83. The molecule has 4 heteroatoms. The quantitative estimate of drug-likeness (QED) is 0.670. The van der Waals surface area contributed by atoms with E-state index in [0.717, 1.165) is 11.3 Å². The van der Waals surface area contributed by atoms with Crippen molar-refractivity contribution >= 4 is 11.6 Å². The van der Waals surface area contributed by atoms with E-state index in [4.69, 9.17) is 16.9 Å². The Morgan fingerprint density at radius 1 is 1.57 bits per heavy atom. The summed E-state index contributed by atoms with van der Waals surface area (Å²) in [5, 5.41) is 12.5. The Hall–Kier alpha value is -1.01. The molecule has 0 aliphatic rings. The van der Waals surface area contributed by atoms with Gasteiger partial charge in [0.2, 0.25) is 0 Å². The minimum absolute atomic E-state index is 0.0828. The highest BCUT2D eigenvalue weighted by molar-refractivity contribution is 6.22. The van der Waals surface area contributed by atoms with Crippen LogP contribution in [0.25, 0.3) is 0 Å². The van der Waals surface area contributed by atoms with Gasteiger partial charge in [0, 0.05) is 24.2 Å². The van der Waals surface area contributed by atoms with Crippen molar-refractivity contribution in [3.63, 3.8) is 0 Å². The van der Waals surface area contributed by atoms with Crippen LogP contribution in [0.15, 0.2) is 6.20 Å². The lowest BCUT2D eigenvalue weighted by Crippen LogP contribution is -2.15. The molecule has 0 radical (unpaired) electrons. The van der Waals surface area contributed by atoms with Crippen LogP contribution in [0, 0.1) is 11.3 Å². The number of alkyl halides is 1. The van der Waals surface area contributed by atoms with E-state index in [-0.39, 0.29) is 5.41 Å². The Morgan fingerprint density at radius 3 is 2.57 bits per heavy atom. The lowest BCUT2D eigenvalue weighted by atomic mass is 9.89. The van der Waals surface area contributed by atoms with E-state index in [1.54, 1.807) is 4.68 Å². The third-order valence-corrected chi connectivity index (χ3v) is 2.29. The van der Waals surface area contributed by atoms with Crippen LogP contribution in [-0.2, 0) is 12.5 Å². The highest BCUT2D eigenvalue weighted by Crippen LogP contribution is 2.30. The molecule has 1 aromatic rings. The maximum atomic E-state index is 8.77. The molecule has 14 heavy (non-hydrogen) atoms. The second-order valence-corrected chi connectivity index (χ2v) is 4.78. The van der Waals surface area contributed by atoms with Crippen LogP contribution in [0.4, 0.5) is 0 Å². The van der Waals surface area contributed by atoms with Crippen molar-refractivity contribution < 1.29 is 0 Å². The van der Waals surface area contributed by atoms with Crippen LogP contribution in [0.3, 0.4) is 0 Å². The van der Waals surface area contributed by atoms with Gasteiger partial charge < -0.3 is 0 Å². The molecular formula is C10H14ClN3. The van der Waals surface area contributed by atoms with Crippen molar-refractivity contribution in [3.8, 4) is 6.07 Å². The van der Waals surface area contributed by atoms with Gasteiger partial charge >= 0.3 is 0 Å². The third kappa shape index (κ3) is 2.08. The molecule has 0 aliphatic carbocycles. The molecule has 76 valence electrons. The summed E-state index contributed by atoms with van der Waals surface area (Å²) in [6.45, 7) is 6.17. The normalized spacial score (nSPS) is 13.7. The molecule has 0 aliphatic heterocycles. The number of hydrogen-bond acceptors (Lipinski definition) is 2. The van der Waals surface area contributed by atoms with Gasteiger partial charge in [0.15, 0.2) is 0 Å². The molecule has 0 fully saturated rings. The molecule has 0 spiro atoms. The first-order valence-electron chi connectivity index (χ1n) is 4.44. The molecule has 1 unspecified atom stereocenters. The van der Waals surface area contributed by atoms with Gasteiger partial charge in [-0.25, -0.2) is 0 Å². The maximum absolute atomic E-state index is 8.77. The summed E-state index contributed by atoms with van der Waals surface area (Å²) in [4.78, 5) is 0. The molecule has 0 N–H and O–H groups in total. The van der Waals surface area contributed by atoms with Gasteiger partial charge in [-0.05, 0) is 0 Å². The van der Waals surface area contributed by atoms with E-state index in [1.165, 1.54) is 0 Å². The van der Waals surface area contributed by atoms with Crippen LogP contribution in [-0.4, -0.2) is 9.78 Å². The van der Waals surface area contributed by atoms with Crippen molar-refractivity contribution in [1.82, 2.24) is 9.78 Å². The van der Waals surface area contributed by atoms with Crippen molar-refractivity contribution in [2.75, 3.05) is 0 Å². The van der Waals surface area contributed by atoms with E-state index in [1.807, 2.05) is 19.3 Å². The minimum Gasteiger partial charge on any atom is -0.275 e. The van der Waals surface area contributed by atoms with E-state index >= 15 is 0 Å². The summed E-state index contributed by atoms with van der Waals surface area (Å²) in [5.74, 6) is 0. The third-order valence-electron chi connectivity index (χ3n) is 1.95. The predicted molar refractivity (Wildman–Crippen MR) is 56.1 cm³/mol. The van der Waals surface area contributed by atoms with Gasteiger partial charge in [-0.15, -0.1) is 11.6 Å². The molecular weight excluding hydrogens is 198 g/mol. The van der Waals surface area contributed by atoms with Gasteiger partial charge in [0.1, 0.15) is 5.38 Å². The first kappa shape index (κ1) is 11.1. The summed E-state index contributed by atoms with van der Waals surface area (Å²) >= 11 is 5.90. The highest BCUT2D eigenvalue weighted by Gasteiger charge is 2.25. The van der Waals surface area contributed by atoms with Crippen LogP contribution in [0.1, 0.15) is 37.4 Å². The topological polar surface area (TPSA) is 41.6 Å². The molecule has 1 heterocycles. The number of aromatic nitrogens is 2. The van der Waals surface area contributed by atoms with Crippen molar-refractivity contribution in [1.29, 1.82) is 5.26 Å². The van der Waals surface area contributed by atoms with Gasteiger partial charge in [0.25, 0.3) is 0 Å². The SMILES string of the molecule is Cn1cc(C(Cl)C#N)c(C(C)(C)C)n1. The zero-order chi connectivity index (χ0) is 10.9. The maximum Gasteiger partial charge on any atom is 0.148 e. The fourth-order valence-corrected chi connectivity index (χ4v) is 1.50. The Balaban J connectivity index is 3.24. The molecule has 1 aromatic heterocycles. The standard InChI is InChI=1S/C10H14ClN3/c1-10(2,3)9-7(8(11)5-12)6-14(4)13-9/h6,8H,1-4H3. The minimum atomic E-state index is -0.613. The first-order valence-corrected chi connectivity index (χ1v) is 4.87. The molecule has 1 rings (SSSR count). The Bertz CT molecular complexity index is 368. The Morgan fingerprint density at radius 2 is 2.14 bits per heavy atom. The first-order chi connectivity index (χ1) is 6.36. The Labute approximate surface area is 89.3 Å². The van der Waals surface area contributed by atoms with E-state index in [9.17, 15) is 0 Å². The molecule has 3 nitrogen and oxygen atoms in total. The van der Waals surface area contributed by atoms with E-state index in [0.29, 0.717) is 0 Å². The number of nitrogens with zero attached hydrogens (tertiary/aromatic N) is 3. The van der Waals surface area contributed by atoms with E-state index < -0.39 is 5.38 Å². The lowest BCUT2D eigenvalue weighted by Gasteiger charge is -2.17. The van der Waals surface area contributed by atoms with Crippen LogP contribution < -0.4 is 0 Å². The average Bonchev–Trinajstić information content (AvgIpc) is 2.45. The van der Waals surface area contributed by atoms with Gasteiger partial charge in [-0.1, -0.05) is 20.8 Å². The second-order valence-electron chi connectivity index (χ2n) is 4.35. The second kappa shape index (κ2) is 3.62. The van der Waals surface area contributed by atoms with Crippen molar-refractivity contribution in [3.05, 3.63) is 17.5 Å². The summed E-state index contributed by atoms with van der Waals surface area (Å²) < 4.78 is 1.70. The largest absolute Gasteiger partial charge is 0.275 e. The van der Waals surface area contributed by atoms with Crippen molar-refractivity contribution in [2.24, 2.45) is 7.05 Å². The molecule has 0 bridgehead atoms. The monoisotopic (exact) mass is 211 g/mol. The molecule has 0 saturated carbocycles. The lowest BCUT2D eigenvalue weighted by molar-refractivity contribution is 0.549. The molecule has 0 saturated heterocycles. The average molecular weight is 212 g/mol. The van der Waals surface area contributed by atoms with Crippen LogP contribution in [0.5, 0.6) is 0 Å². The van der Waals surface area contributed by atoms with E-state index in [2.05, 4.69) is 25.9 Å². The predicted octanol–water partition coefficient (Wildman–Crippen LogP) is 2.52. The van der Waals surface area contributed by atoms with Crippen molar-refractivity contribution in [2.45, 2.75) is 31.6 Å². The van der Waals surface area contributed by atoms with Crippen LogP contribution in [0.2, 0.25) is 0 Å². The summed E-state index contributed by atoms with van der Waals surface area (Å²) in [6.07, 6.45) is 1.81. The van der Waals surface area contributed by atoms with Gasteiger partial charge in [0.05, 0.1) is 11.8 Å². The molecule has 1 atom stereocenters. The zero-order valence-electron chi connectivity index (χ0n) is 8.87. The fraction of sp³-hybridized carbons (Fsp3) is 0.600. The van der Waals surface area contributed by atoms with Crippen LogP contribution >= 0.6 is 11.6 Å². The number of hydrogen-bond donors (Lipinski definition) is 0. The van der Waals surface area contributed by atoms with Gasteiger partial charge in [-0.3, -0.25) is 4.68 Å². The number of rotatable bonds is 1. The highest BCUT2D eigenvalue weighted by atomic mass is 35.5. The summed E-state index contributed by atoms with van der Waals surface area (Å²) in [5.41, 5.74) is 1.62. The number of nitriles is 1. The van der Waals surface area contributed by atoms with Gasteiger partial charge in [-0.2, -0.15) is 10.4 Å². The molecule has 0 aromatic carbocycles. The smallest absolute Gasteiger partial charge is 0.148 e. The zero-order valence-corrected chi connectivity index (χ0v) is 9.63. The number of aryl methyl sites for hydroxylation is 1. The fourth-order valence-electron chi connectivity index (χ4n) is 1.34. The Kier molecular flexibility index (Phi) is 2.86. The number of halogens is 1. The molecule has 0 amide bonds. The summed E-state index contributed by atoms with van der Waals surface area (Å²) in [6, 6.07) is 2.02.